The Morgan fingerprint density at radius 3 is 1.82 bits per heavy atom. The van der Waals surface area contributed by atoms with E-state index in [1.807, 2.05) is 48.8 Å². The zero-order valence-electron chi connectivity index (χ0n) is 28.1. The summed E-state index contributed by atoms with van der Waals surface area (Å²) in [5.74, 6) is 0. The van der Waals surface area contributed by atoms with Crippen molar-refractivity contribution in [3.63, 3.8) is 0 Å². The topological polar surface area (TPSA) is 52.1 Å². The third-order valence-corrected chi connectivity index (χ3v) is 11.0. The van der Waals surface area contributed by atoms with Crippen LogP contribution < -0.4 is 0 Å². The highest BCUT2D eigenvalue weighted by molar-refractivity contribution is 6.24. The minimum atomic E-state index is -0.135. The molecule has 240 valence electrons. The monoisotopic (exact) mass is 654 g/mol. The van der Waals surface area contributed by atoms with Crippen LogP contribution in [0.4, 0.5) is 0 Å². The molecule has 4 aromatic heterocycles. The van der Waals surface area contributed by atoms with Gasteiger partial charge in [-0.2, -0.15) is 0 Å². The summed E-state index contributed by atoms with van der Waals surface area (Å²) in [6, 6.07) is 47.3. The smallest absolute Gasteiger partial charge is 0.161 e. The SMILES string of the molecule is CC1(C)c2cc(-c3ccc(-c4nc5c(ccc6c7ccccc7oc65)c5oc6ccccc6c45)cc3)ccc2-c2ccc(-c3cccnc3)cc21. The molecular weight excluding hydrogens is 625 g/mol. The quantitative estimate of drug-likeness (QED) is 0.190. The van der Waals surface area contributed by atoms with E-state index in [9.17, 15) is 0 Å². The minimum Gasteiger partial charge on any atom is -0.455 e. The largest absolute Gasteiger partial charge is 0.455 e. The Morgan fingerprint density at radius 1 is 0.490 bits per heavy atom. The van der Waals surface area contributed by atoms with Crippen molar-refractivity contribution >= 4 is 54.8 Å². The van der Waals surface area contributed by atoms with Crippen LogP contribution in [0.3, 0.4) is 0 Å². The molecule has 0 amide bonds. The fourth-order valence-corrected chi connectivity index (χ4v) is 8.37. The summed E-state index contributed by atoms with van der Waals surface area (Å²) in [5, 5.41) is 5.16. The van der Waals surface area contributed by atoms with Crippen LogP contribution in [0.25, 0.3) is 99.4 Å². The first-order chi connectivity index (χ1) is 25.0. The average molecular weight is 655 g/mol. The van der Waals surface area contributed by atoms with Gasteiger partial charge in [-0.3, -0.25) is 4.98 Å². The maximum absolute atomic E-state index is 6.58. The average Bonchev–Trinajstić information content (AvgIpc) is 3.83. The molecule has 1 aliphatic rings. The summed E-state index contributed by atoms with van der Waals surface area (Å²) in [5.41, 5.74) is 15.9. The molecule has 6 aromatic carbocycles. The molecule has 1 aliphatic carbocycles. The van der Waals surface area contributed by atoms with Crippen molar-refractivity contribution < 1.29 is 8.83 Å². The molecule has 0 spiro atoms. The zero-order chi connectivity index (χ0) is 33.8. The highest BCUT2D eigenvalue weighted by Crippen LogP contribution is 2.51. The third kappa shape index (κ3) is 4.02. The van der Waals surface area contributed by atoms with E-state index in [1.165, 1.54) is 33.4 Å². The lowest BCUT2D eigenvalue weighted by molar-refractivity contribution is 0.661. The molecule has 0 atom stereocenters. The highest BCUT2D eigenvalue weighted by Gasteiger charge is 2.36. The van der Waals surface area contributed by atoms with Gasteiger partial charge in [0.15, 0.2) is 5.58 Å². The van der Waals surface area contributed by atoms with Gasteiger partial charge < -0.3 is 8.83 Å². The van der Waals surface area contributed by atoms with Gasteiger partial charge in [0.25, 0.3) is 0 Å². The summed E-state index contributed by atoms with van der Waals surface area (Å²) >= 11 is 0. The molecule has 0 unspecified atom stereocenters. The first-order valence-electron chi connectivity index (χ1n) is 17.4. The predicted molar refractivity (Wildman–Crippen MR) is 208 cm³/mol. The number of benzene rings is 6. The standard InChI is InChI=1S/C47H30N2O2/c1-47(2)38-24-29(17-19-32(38)33-20-18-30(25-39(33)47)31-8-7-23-48-26-31)27-13-15-28(16-14-27)43-42-36-10-4-6-12-41(36)50-45(42)37-22-21-35-34-9-3-5-11-40(34)51-46(35)44(37)49-43/h3-26H,1-2H3. The molecule has 0 bridgehead atoms. The number of hydrogen-bond donors (Lipinski definition) is 0. The van der Waals surface area contributed by atoms with E-state index in [1.54, 1.807) is 0 Å². The van der Waals surface area contributed by atoms with Crippen LogP contribution in [-0.2, 0) is 5.41 Å². The van der Waals surface area contributed by atoms with E-state index in [0.29, 0.717) is 0 Å². The van der Waals surface area contributed by atoms with E-state index >= 15 is 0 Å². The van der Waals surface area contributed by atoms with Gasteiger partial charge in [0.2, 0.25) is 0 Å². The van der Waals surface area contributed by atoms with Crippen LogP contribution in [0.2, 0.25) is 0 Å². The fraction of sp³-hybridized carbons (Fsp3) is 0.0638. The summed E-state index contributed by atoms with van der Waals surface area (Å²) < 4.78 is 13.0. The maximum Gasteiger partial charge on any atom is 0.161 e. The van der Waals surface area contributed by atoms with Crippen molar-refractivity contribution in [2.45, 2.75) is 19.3 Å². The zero-order valence-corrected chi connectivity index (χ0v) is 28.1. The second-order valence-electron chi connectivity index (χ2n) is 14.2. The van der Waals surface area contributed by atoms with Gasteiger partial charge in [0.05, 0.1) is 11.1 Å². The van der Waals surface area contributed by atoms with Crippen molar-refractivity contribution in [1.29, 1.82) is 0 Å². The van der Waals surface area contributed by atoms with Gasteiger partial charge >= 0.3 is 0 Å². The van der Waals surface area contributed by atoms with Gasteiger partial charge in [0, 0.05) is 44.9 Å². The molecule has 4 heterocycles. The van der Waals surface area contributed by atoms with Crippen LogP contribution in [0.5, 0.6) is 0 Å². The van der Waals surface area contributed by atoms with E-state index in [-0.39, 0.29) is 5.41 Å². The fourth-order valence-electron chi connectivity index (χ4n) is 8.37. The number of aromatic nitrogens is 2. The lowest BCUT2D eigenvalue weighted by Gasteiger charge is -2.22. The van der Waals surface area contributed by atoms with Gasteiger partial charge in [-0.25, -0.2) is 4.98 Å². The Bertz CT molecular complexity index is 3040. The second kappa shape index (κ2) is 10.3. The van der Waals surface area contributed by atoms with Crippen molar-refractivity contribution in [2.75, 3.05) is 0 Å². The molecule has 4 heteroatoms. The molecule has 0 N–H and O–H groups in total. The van der Waals surface area contributed by atoms with Crippen LogP contribution >= 0.6 is 0 Å². The number of pyridine rings is 2. The van der Waals surface area contributed by atoms with E-state index < -0.39 is 0 Å². The molecule has 0 radical (unpaired) electrons. The van der Waals surface area contributed by atoms with E-state index in [4.69, 9.17) is 13.8 Å². The lowest BCUT2D eigenvalue weighted by Crippen LogP contribution is -2.15. The van der Waals surface area contributed by atoms with Crippen molar-refractivity contribution in [3.8, 4) is 44.6 Å². The highest BCUT2D eigenvalue weighted by atomic mass is 16.3. The Hall–Kier alpha value is -6.52. The van der Waals surface area contributed by atoms with Crippen LogP contribution in [0.15, 0.2) is 155 Å². The van der Waals surface area contributed by atoms with Gasteiger partial charge in [-0.15, -0.1) is 0 Å². The number of para-hydroxylation sites is 2. The molecule has 0 saturated heterocycles. The molecule has 0 fully saturated rings. The molecule has 11 rings (SSSR count). The van der Waals surface area contributed by atoms with Crippen molar-refractivity contribution in [1.82, 2.24) is 9.97 Å². The molecule has 4 nitrogen and oxygen atoms in total. The number of rotatable bonds is 3. The number of furan rings is 2. The van der Waals surface area contributed by atoms with Gasteiger partial charge in [0.1, 0.15) is 22.3 Å². The Balaban J connectivity index is 1.04. The first-order valence-corrected chi connectivity index (χ1v) is 17.4. The summed E-state index contributed by atoms with van der Waals surface area (Å²) in [6.07, 6.45) is 3.76. The summed E-state index contributed by atoms with van der Waals surface area (Å²) in [7, 11) is 0. The summed E-state index contributed by atoms with van der Waals surface area (Å²) in [6.45, 7) is 4.67. The third-order valence-electron chi connectivity index (χ3n) is 11.0. The van der Waals surface area contributed by atoms with Crippen LogP contribution in [-0.4, -0.2) is 9.97 Å². The van der Waals surface area contributed by atoms with E-state index in [2.05, 4.69) is 116 Å². The normalized spacial score (nSPS) is 13.5. The van der Waals surface area contributed by atoms with Crippen LogP contribution in [0.1, 0.15) is 25.0 Å². The molecule has 51 heavy (non-hydrogen) atoms. The Kier molecular flexibility index (Phi) is 5.70. The first kappa shape index (κ1) is 28.3. The summed E-state index contributed by atoms with van der Waals surface area (Å²) in [4.78, 5) is 9.73. The minimum absolute atomic E-state index is 0.135. The second-order valence-corrected chi connectivity index (χ2v) is 14.2. The van der Waals surface area contributed by atoms with Crippen molar-refractivity contribution in [3.05, 3.63) is 157 Å². The maximum atomic E-state index is 6.58. The molecular formula is C47H30N2O2. The number of nitrogens with zero attached hydrogens (tertiary/aromatic N) is 2. The molecule has 0 saturated carbocycles. The Morgan fingerprint density at radius 2 is 1.10 bits per heavy atom. The molecule has 0 aliphatic heterocycles. The van der Waals surface area contributed by atoms with Crippen molar-refractivity contribution in [2.24, 2.45) is 0 Å². The number of hydrogen-bond acceptors (Lipinski definition) is 4. The van der Waals surface area contributed by atoms with Gasteiger partial charge in [-0.05, 0) is 87.0 Å². The number of fused-ring (bicyclic) bond motifs is 12. The van der Waals surface area contributed by atoms with Crippen LogP contribution in [0, 0.1) is 0 Å². The van der Waals surface area contributed by atoms with E-state index in [0.717, 1.165) is 77.2 Å². The van der Waals surface area contributed by atoms with Gasteiger partial charge in [-0.1, -0.05) is 105 Å². The predicted octanol–water partition coefficient (Wildman–Crippen LogP) is 12.7. The Labute approximate surface area is 293 Å². The molecule has 10 aromatic rings. The lowest BCUT2D eigenvalue weighted by atomic mass is 9.81.